The Morgan fingerprint density at radius 3 is 2.52 bits per heavy atom. The molecule has 0 saturated carbocycles. The summed E-state index contributed by atoms with van der Waals surface area (Å²) >= 11 is 0. The molecule has 0 unspecified atom stereocenters. The number of ether oxygens (including phenoxy) is 2. The quantitative estimate of drug-likeness (QED) is 0.751. The van der Waals surface area contributed by atoms with Crippen molar-refractivity contribution in [1.82, 2.24) is 0 Å². The van der Waals surface area contributed by atoms with Gasteiger partial charge in [0.2, 0.25) is 0 Å². The normalized spacial score (nSPS) is 10.6. The van der Waals surface area contributed by atoms with Gasteiger partial charge in [0.05, 0.1) is 7.11 Å². The minimum atomic E-state index is 0.00354. The van der Waals surface area contributed by atoms with Gasteiger partial charge >= 0.3 is 0 Å². The summed E-state index contributed by atoms with van der Waals surface area (Å²) in [7, 11) is 1.56. The van der Waals surface area contributed by atoms with Gasteiger partial charge in [0.1, 0.15) is 6.61 Å². The molecular formula is C18H18O3. The van der Waals surface area contributed by atoms with Crippen LogP contribution < -0.4 is 9.47 Å². The van der Waals surface area contributed by atoms with Gasteiger partial charge in [-0.05, 0) is 36.8 Å². The van der Waals surface area contributed by atoms with Crippen LogP contribution in [0.4, 0.5) is 0 Å². The van der Waals surface area contributed by atoms with Gasteiger partial charge in [0, 0.05) is 5.56 Å². The number of benzene rings is 2. The molecule has 0 aliphatic heterocycles. The van der Waals surface area contributed by atoms with E-state index in [-0.39, 0.29) is 5.78 Å². The van der Waals surface area contributed by atoms with Crippen LogP contribution in [0.25, 0.3) is 6.08 Å². The molecule has 0 radical (unpaired) electrons. The lowest BCUT2D eigenvalue weighted by atomic mass is 10.1. The van der Waals surface area contributed by atoms with Gasteiger partial charge in [-0.2, -0.15) is 0 Å². The second-order valence-electron chi connectivity index (χ2n) is 4.55. The standard InChI is InChI=1S/C18H18O3/c1-14(19)16-10-11-17(18(13-16)20-2)21-12-6-9-15-7-4-3-5-8-15/h3-11,13H,12H2,1-2H3/b9-6-. The summed E-state index contributed by atoms with van der Waals surface area (Å²) in [6, 6.07) is 15.2. The zero-order chi connectivity index (χ0) is 15.1. The van der Waals surface area contributed by atoms with Crippen LogP contribution in [0.3, 0.4) is 0 Å². The monoisotopic (exact) mass is 282 g/mol. The van der Waals surface area contributed by atoms with Crippen molar-refractivity contribution in [2.45, 2.75) is 6.92 Å². The Kier molecular flexibility index (Phi) is 5.16. The predicted octanol–water partition coefficient (Wildman–Crippen LogP) is 3.99. The second kappa shape index (κ2) is 7.29. The predicted molar refractivity (Wildman–Crippen MR) is 84.0 cm³/mol. The highest BCUT2D eigenvalue weighted by atomic mass is 16.5. The van der Waals surface area contributed by atoms with Crippen molar-refractivity contribution in [3.8, 4) is 11.5 Å². The topological polar surface area (TPSA) is 35.5 Å². The fraction of sp³-hybridized carbons (Fsp3) is 0.167. The van der Waals surface area contributed by atoms with Crippen molar-refractivity contribution in [1.29, 1.82) is 0 Å². The first-order valence-electron chi connectivity index (χ1n) is 6.74. The van der Waals surface area contributed by atoms with Gasteiger partial charge in [-0.25, -0.2) is 0 Å². The van der Waals surface area contributed by atoms with E-state index < -0.39 is 0 Å². The van der Waals surface area contributed by atoms with Gasteiger partial charge < -0.3 is 9.47 Å². The number of methoxy groups -OCH3 is 1. The summed E-state index contributed by atoms with van der Waals surface area (Å²) in [4.78, 5) is 11.3. The number of hydrogen-bond acceptors (Lipinski definition) is 3. The summed E-state index contributed by atoms with van der Waals surface area (Å²) in [6.07, 6.45) is 3.93. The molecule has 3 heteroatoms. The van der Waals surface area contributed by atoms with Crippen molar-refractivity contribution in [3.05, 3.63) is 65.7 Å². The second-order valence-corrected chi connectivity index (χ2v) is 4.55. The van der Waals surface area contributed by atoms with Crippen LogP contribution >= 0.6 is 0 Å². The van der Waals surface area contributed by atoms with E-state index in [0.717, 1.165) is 5.56 Å². The molecule has 0 aliphatic carbocycles. The lowest BCUT2D eigenvalue weighted by Gasteiger charge is -2.10. The van der Waals surface area contributed by atoms with Crippen LogP contribution in [0.2, 0.25) is 0 Å². The number of carbonyl (C=O) groups excluding carboxylic acids is 1. The number of carbonyl (C=O) groups is 1. The lowest BCUT2D eigenvalue weighted by Crippen LogP contribution is -1.99. The van der Waals surface area contributed by atoms with Crippen molar-refractivity contribution in [2.24, 2.45) is 0 Å². The van der Waals surface area contributed by atoms with Gasteiger partial charge in [-0.1, -0.05) is 36.4 Å². The molecule has 2 aromatic rings. The zero-order valence-electron chi connectivity index (χ0n) is 12.2. The Balaban J connectivity index is 2.00. The zero-order valence-corrected chi connectivity index (χ0v) is 12.2. The maximum Gasteiger partial charge on any atom is 0.161 e. The number of Topliss-reactive ketones (excluding diaryl/α,β-unsaturated/α-hetero) is 1. The van der Waals surface area contributed by atoms with Crippen LogP contribution in [-0.2, 0) is 0 Å². The SMILES string of the molecule is COc1cc(C(C)=O)ccc1OC/C=C\c1ccccc1. The molecule has 108 valence electrons. The molecule has 21 heavy (non-hydrogen) atoms. The smallest absolute Gasteiger partial charge is 0.161 e. The Labute approximate surface area is 124 Å². The lowest BCUT2D eigenvalue weighted by molar-refractivity contribution is 0.101. The van der Waals surface area contributed by atoms with Crippen molar-refractivity contribution in [2.75, 3.05) is 13.7 Å². The van der Waals surface area contributed by atoms with Crippen LogP contribution in [0.1, 0.15) is 22.8 Å². The molecule has 0 bridgehead atoms. The highest BCUT2D eigenvalue weighted by molar-refractivity contribution is 5.94. The van der Waals surface area contributed by atoms with E-state index >= 15 is 0 Å². The number of hydrogen-bond donors (Lipinski definition) is 0. The highest BCUT2D eigenvalue weighted by Gasteiger charge is 2.07. The molecule has 0 N–H and O–H groups in total. The average molecular weight is 282 g/mol. The van der Waals surface area contributed by atoms with Crippen LogP contribution in [0.15, 0.2) is 54.6 Å². The molecule has 2 aromatic carbocycles. The van der Waals surface area contributed by atoms with E-state index in [2.05, 4.69) is 0 Å². The summed E-state index contributed by atoms with van der Waals surface area (Å²) in [6.45, 7) is 1.96. The van der Waals surface area contributed by atoms with E-state index in [9.17, 15) is 4.79 Å². The third-order valence-electron chi connectivity index (χ3n) is 3.02. The fourth-order valence-electron chi connectivity index (χ4n) is 1.89. The minimum absolute atomic E-state index is 0.00354. The van der Waals surface area contributed by atoms with Crippen LogP contribution in [0.5, 0.6) is 11.5 Å². The summed E-state index contributed by atoms with van der Waals surface area (Å²) in [5.41, 5.74) is 1.74. The largest absolute Gasteiger partial charge is 0.493 e. The van der Waals surface area contributed by atoms with Crippen LogP contribution in [-0.4, -0.2) is 19.5 Å². The van der Waals surface area contributed by atoms with E-state index in [0.29, 0.717) is 23.7 Å². The molecule has 0 fully saturated rings. The molecular weight excluding hydrogens is 264 g/mol. The van der Waals surface area contributed by atoms with Crippen LogP contribution in [0, 0.1) is 0 Å². The first kappa shape index (κ1) is 14.9. The van der Waals surface area contributed by atoms with Gasteiger partial charge in [-0.15, -0.1) is 0 Å². The molecule has 0 amide bonds. The molecule has 3 nitrogen and oxygen atoms in total. The highest BCUT2D eigenvalue weighted by Crippen LogP contribution is 2.28. The molecule has 0 atom stereocenters. The van der Waals surface area contributed by atoms with Gasteiger partial charge in [0.15, 0.2) is 17.3 Å². The Hall–Kier alpha value is -2.55. The van der Waals surface area contributed by atoms with E-state index in [4.69, 9.17) is 9.47 Å². The molecule has 0 spiro atoms. The van der Waals surface area contributed by atoms with E-state index in [1.54, 1.807) is 25.3 Å². The van der Waals surface area contributed by atoms with Crippen molar-refractivity contribution < 1.29 is 14.3 Å². The maximum absolute atomic E-state index is 11.3. The third-order valence-corrected chi connectivity index (χ3v) is 3.02. The third kappa shape index (κ3) is 4.21. The number of rotatable bonds is 6. The van der Waals surface area contributed by atoms with E-state index in [1.807, 2.05) is 42.5 Å². The molecule has 0 heterocycles. The van der Waals surface area contributed by atoms with E-state index in [1.165, 1.54) is 6.92 Å². The van der Waals surface area contributed by atoms with Crippen molar-refractivity contribution in [3.63, 3.8) is 0 Å². The summed E-state index contributed by atoms with van der Waals surface area (Å²) < 4.78 is 10.9. The molecule has 0 aliphatic rings. The van der Waals surface area contributed by atoms with Gasteiger partial charge in [0.25, 0.3) is 0 Å². The molecule has 0 aromatic heterocycles. The Morgan fingerprint density at radius 2 is 1.86 bits per heavy atom. The minimum Gasteiger partial charge on any atom is -0.493 e. The van der Waals surface area contributed by atoms with Crippen molar-refractivity contribution >= 4 is 11.9 Å². The Bertz CT molecular complexity index is 630. The average Bonchev–Trinajstić information content (AvgIpc) is 2.52. The molecule has 0 saturated heterocycles. The molecule has 2 rings (SSSR count). The first-order valence-corrected chi connectivity index (χ1v) is 6.74. The summed E-state index contributed by atoms with van der Waals surface area (Å²) in [5, 5.41) is 0. The summed E-state index contributed by atoms with van der Waals surface area (Å²) in [5.74, 6) is 1.19. The first-order chi connectivity index (χ1) is 10.2. The fourth-order valence-corrected chi connectivity index (χ4v) is 1.89. The Morgan fingerprint density at radius 1 is 1.10 bits per heavy atom. The van der Waals surface area contributed by atoms with Gasteiger partial charge in [-0.3, -0.25) is 4.79 Å². The maximum atomic E-state index is 11.3. The number of ketones is 1.